The lowest BCUT2D eigenvalue weighted by atomic mass is 9.99. The maximum atomic E-state index is 12.0. The number of carbonyl (C=O) groups is 6. The van der Waals surface area contributed by atoms with Crippen molar-refractivity contribution in [2.75, 3.05) is 39.3 Å². The van der Waals surface area contributed by atoms with Gasteiger partial charge in [0, 0.05) is 38.2 Å². The molecule has 6 amide bonds. The lowest BCUT2D eigenvalue weighted by Crippen LogP contribution is -2.46. The van der Waals surface area contributed by atoms with E-state index in [2.05, 4.69) is 22.9 Å². The Morgan fingerprint density at radius 3 is 1.93 bits per heavy atom. The first kappa shape index (κ1) is 23.0. The number of hydrogen-bond donors (Lipinski definition) is 3. The van der Waals surface area contributed by atoms with Gasteiger partial charge in [-0.2, -0.15) is 0 Å². The highest BCUT2D eigenvalue weighted by Crippen LogP contribution is 2.15. The van der Waals surface area contributed by atoms with Gasteiger partial charge < -0.3 is 20.9 Å². The van der Waals surface area contributed by atoms with Gasteiger partial charge in [0.25, 0.3) is 11.8 Å². The third-order valence-electron chi connectivity index (χ3n) is 4.93. The Morgan fingerprint density at radius 2 is 1.37 bits per heavy atom. The van der Waals surface area contributed by atoms with Crippen LogP contribution in [0, 0.1) is 5.92 Å². The van der Waals surface area contributed by atoms with Crippen molar-refractivity contribution >= 4 is 35.4 Å². The standard InChI is InChI=1S/C19H27N5O6/c1-13-4-7-23(8-5-13)19(30)12-22-16(27)11-21-15(26)10-20-14(25)6-9-24-17(28)2-3-18(24)29/h2-3,13H,4-12H2,1H3,(H,20,25)(H,21,26)(H,22,27). The van der Waals surface area contributed by atoms with Gasteiger partial charge in [-0.05, 0) is 18.8 Å². The van der Waals surface area contributed by atoms with Crippen LogP contribution < -0.4 is 16.0 Å². The molecule has 0 unspecified atom stereocenters. The first-order valence-electron chi connectivity index (χ1n) is 9.87. The summed E-state index contributed by atoms with van der Waals surface area (Å²) < 4.78 is 0. The Hall–Kier alpha value is -3.24. The van der Waals surface area contributed by atoms with E-state index >= 15 is 0 Å². The first-order valence-corrected chi connectivity index (χ1v) is 9.87. The second-order valence-electron chi connectivity index (χ2n) is 7.30. The van der Waals surface area contributed by atoms with Crippen molar-refractivity contribution in [2.24, 2.45) is 5.92 Å². The fraction of sp³-hybridized carbons (Fsp3) is 0.579. The molecule has 0 spiro atoms. The number of amides is 6. The van der Waals surface area contributed by atoms with Crippen molar-refractivity contribution in [3.05, 3.63) is 12.2 Å². The summed E-state index contributed by atoms with van der Waals surface area (Å²) in [4.78, 5) is 72.7. The molecule has 0 aliphatic carbocycles. The summed E-state index contributed by atoms with van der Waals surface area (Å²) in [6.45, 7) is 2.64. The number of nitrogens with zero attached hydrogens (tertiary/aromatic N) is 2. The Morgan fingerprint density at radius 1 is 0.867 bits per heavy atom. The SMILES string of the molecule is CC1CCN(C(=O)CNC(=O)CNC(=O)CNC(=O)CCN2C(=O)C=CC2=O)CC1. The highest BCUT2D eigenvalue weighted by atomic mass is 16.2. The molecule has 1 fully saturated rings. The molecule has 0 radical (unpaired) electrons. The van der Waals surface area contributed by atoms with Crippen LogP contribution in [0.2, 0.25) is 0 Å². The topological polar surface area (TPSA) is 145 Å². The monoisotopic (exact) mass is 421 g/mol. The summed E-state index contributed by atoms with van der Waals surface area (Å²) in [5.41, 5.74) is 0. The van der Waals surface area contributed by atoms with Crippen LogP contribution in [0.25, 0.3) is 0 Å². The van der Waals surface area contributed by atoms with E-state index in [1.54, 1.807) is 4.90 Å². The zero-order valence-corrected chi connectivity index (χ0v) is 16.9. The Kier molecular flexibility index (Phi) is 8.51. The highest BCUT2D eigenvalue weighted by Gasteiger charge is 2.23. The van der Waals surface area contributed by atoms with Crippen molar-refractivity contribution in [1.29, 1.82) is 0 Å². The molecule has 30 heavy (non-hydrogen) atoms. The summed E-state index contributed by atoms with van der Waals surface area (Å²) in [7, 11) is 0. The molecule has 0 aromatic rings. The summed E-state index contributed by atoms with van der Waals surface area (Å²) in [6.07, 6.45) is 4.01. The Labute approximate surface area is 174 Å². The smallest absolute Gasteiger partial charge is 0.253 e. The number of carbonyl (C=O) groups excluding carboxylic acids is 6. The Bertz CT molecular complexity index is 724. The second kappa shape index (κ2) is 11.1. The van der Waals surface area contributed by atoms with Crippen LogP contribution in [0.5, 0.6) is 0 Å². The number of rotatable bonds is 9. The fourth-order valence-corrected chi connectivity index (χ4v) is 2.98. The molecule has 0 bridgehead atoms. The predicted molar refractivity (Wildman–Crippen MR) is 104 cm³/mol. The van der Waals surface area contributed by atoms with Crippen molar-refractivity contribution in [2.45, 2.75) is 26.2 Å². The van der Waals surface area contributed by atoms with Crippen LogP contribution in [-0.4, -0.2) is 84.5 Å². The third-order valence-corrected chi connectivity index (χ3v) is 4.93. The van der Waals surface area contributed by atoms with Crippen LogP contribution in [0.4, 0.5) is 0 Å². The molecule has 11 heteroatoms. The fourth-order valence-electron chi connectivity index (χ4n) is 2.98. The first-order chi connectivity index (χ1) is 14.3. The van der Waals surface area contributed by atoms with Crippen LogP contribution in [-0.2, 0) is 28.8 Å². The molecule has 2 aliphatic rings. The number of hydrogen-bond acceptors (Lipinski definition) is 6. The van der Waals surface area contributed by atoms with E-state index in [1.807, 2.05) is 0 Å². The molecule has 164 valence electrons. The van der Waals surface area contributed by atoms with Gasteiger partial charge in [0.1, 0.15) is 0 Å². The van der Waals surface area contributed by atoms with E-state index < -0.39 is 29.5 Å². The van der Waals surface area contributed by atoms with Gasteiger partial charge in [-0.3, -0.25) is 33.7 Å². The van der Waals surface area contributed by atoms with E-state index in [0.29, 0.717) is 19.0 Å². The lowest BCUT2D eigenvalue weighted by Gasteiger charge is -2.30. The molecule has 1 saturated heterocycles. The van der Waals surface area contributed by atoms with Gasteiger partial charge in [0.2, 0.25) is 23.6 Å². The summed E-state index contributed by atoms with van der Waals surface area (Å²) in [5.74, 6) is -2.12. The average Bonchev–Trinajstić information content (AvgIpc) is 3.05. The van der Waals surface area contributed by atoms with Gasteiger partial charge in [-0.1, -0.05) is 6.92 Å². The van der Waals surface area contributed by atoms with Gasteiger partial charge in [0.15, 0.2) is 0 Å². The molecule has 2 rings (SSSR count). The average molecular weight is 421 g/mol. The van der Waals surface area contributed by atoms with E-state index in [0.717, 1.165) is 29.9 Å². The van der Waals surface area contributed by atoms with Crippen molar-refractivity contribution in [3.8, 4) is 0 Å². The third kappa shape index (κ3) is 7.30. The highest BCUT2D eigenvalue weighted by molar-refractivity contribution is 6.13. The number of nitrogens with one attached hydrogen (secondary N) is 3. The molecule has 2 heterocycles. The normalized spacial score (nSPS) is 16.6. The van der Waals surface area contributed by atoms with Gasteiger partial charge in [-0.15, -0.1) is 0 Å². The second-order valence-corrected chi connectivity index (χ2v) is 7.30. The molecule has 0 saturated carbocycles. The summed E-state index contributed by atoms with van der Waals surface area (Å²) in [5, 5.41) is 7.15. The quantitative estimate of drug-likeness (QED) is 0.364. The van der Waals surface area contributed by atoms with E-state index in [-0.39, 0.29) is 38.5 Å². The minimum absolute atomic E-state index is 0.0789. The molecular formula is C19H27N5O6. The molecule has 11 nitrogen and oxygen atoms in total. The molecular weight excluding hydrogens is 394 g/mol. The zero-order chi connectivity index (χ0) is 22.1. The van der Waals surface area contributed by atoms with Crippen LogP contribution in [0.15, 0.2) is 12.2 Å². The Balaban J connectivity index is 1.55. The number of piperidine rings is 1. The maximum Gasteiger partial charge on any atom is 0.253 e. The molecule has 0 atom stereocenters. The van der Waals surface area contributed by atoms with E-state index in [9.17, 15) is 28.8 Å². The predicted octanol–water partition coefficient (Wildman–Crippen LogP) is -2.09. The van der Waals surface area contributed by atoms with E-state index in [4.69, 9.17) is 0 Å². The molecule has 2 aliphatic heterocycles. The molecule has 0 aromatic carbocycles. The van der Waals surface area contributed by atoms with Gasteiger partial charge in [0.05, 0.1) is 19.6 Å². The minimum atomic E-state index is -0.579. The van der Waals surface area contributed by atoms with Gasteiger partial charge in [-0.25, -0.2) is 0 Å². The van der Waals surface area contributed by atoms with Crippen molar-refractivity contribution in [3.63, 3.8) is 0 Å². The van der Waals surface area contributed by atoms with Crippen molar-refractivity contribution in [1.82, 2.24) is 25.8 Å². The van der Waals surface area contributed by atoms with E-state index in [1.165, 1.54) is 0 Å². The molecule has 0 aromatic heterocycles. The minimum Gasteiger partial charge on any atom is -0.347 e. The summed E-state index contributed by atoms with van der Waals surface area (Å²) in [6, 6.07) is 0. The largest absolute Gasteiger partial charge is 0.347 e. The zero-order valence-electron chi connectivity index (χ0n) is 16.9. The summed E-state index contributed by atoms with van der Waals surface area (Å²) >= 11 is 0. The molecule has 3 N–H and O–H groups in total. The van der Waals surface area contributed by atoms with Crippen molar-refractivity contribution < 1.29 is 28.8 Å². The van der Waals surface area contributed by atoms with Crippen LogP contribution >= 0.6 is 0 Å². The number of imide groups is 1. The van der Waals surface area contributed by atoms with Gasteiger partial charge >= 0.3 is 0 Å². The van der Waals surface area contributed by atoms with Crippen LogP contribution in [0.3, 0.4) is 0 Å². The van der Waals surface area contributed by atoms with Crippen LogP contribution in [0.1, 0.15) is 26.2 Å². The number of likely N-dealkylation sites (tertiary alicyclic amines) is 1. The maximum absolute atomic E-state index is 12.0. The lowest BCUT2D eigenvalue weighted by molar-refractivity contribution is -0.137.